The Morgan fingerprint density at radius 3 is 2.46 bits per heavy atom. The number of carbonyl (C=O) groups is 2. The first-order valence-electron chi connectivity index (χ1n) is 8.06. The third-order valence-corrected chi connectivity index (χ3v) is 4.10. The van der Waals surface area contributed by atoms with E-state index in [1.807, 2.05) is 32.3 Å². The monoisotopic (exact) mass is 359 g/mol. The average molecular weight is 359 g/mol. The van der Waals surface area contributed by atoms with Gasteiger partial charge in [-0.3, -0.25) is 14.9 Å². The summed E-state index contributed by atoms with van der Waals surface area (Å²) >= 11 is 0. The first-order valence-corrected chi connectivity index (χ1v) is 8.06. The molecule has 8 heteroatoms. The fourth-order valence-electron chi connectivity index (χ4n) is 2.97. The maximum absolute atomic E-state index is 12.4. The van der Waals surface area contributed by atoms with E-state index in [1.165, 1.54) is 12.1 Å². The number of Topliss-reactive ketones (excluding diaryl/α,β-unsaturated/α-hetero) is 1. The van der Waals surface area contributed by atoms with Gasteiger partial charge in [0.05, 0.1) is 10.5 Å². The topological polar surface area (TPSA) is 117 Å². The highest BCUT2D eigenvalue weighted by molar-refractivity contribution is 6.00. The van der Waals surface area contributed by atoms with Crippen LogP contribution in [0.2, 0.25) is 0 Å². The number of hydrogen-bond acceptors (Lipinski definition) is 6. The zero-order valence-electron chi connectivity index (χ0n) is 15.1. The minimum Gasteiger partial charge on any atom is -0.454 e. The van der Waals surface area contributed by atoms with Gasteiger partial charge in [-0.1, -0.05) is 0 Å². The molecule has 0 saturated carbocycles. The van der Waals surface area contributed by atoms with Crippen molar-refractivity contribution in [2.75, 3.05) is 12.3 Å². The number of nitrogens with zero attached hydrogens (tertiary/aromatic N) is 2. The molecule has 2 aromatic rings. The Morgan fingerprint density at radius 2 is 1.92 bits per heavy atom. The van der Waals surface area contributed by atoms with Gasteiger partial charge in [0.1, 0.15) is 5.69 Å². The molecule has 8 nitrogen and oxygen atoms in total. The summed E-state index contributed by atoms with van der Waals surface area (Å²) in [6.45, 7) is 7.33. The van der Waals surface area contributed by atoms with Gasteiger partial charge in [-0.15, -0.1) is 0 Å². The lowest BCUT2D eigenvalue weighted by Crippen LogP contribution is -2.15. The van der Waals surface area contributed by atoms with E-state index in [2.05, 4.69) is 0 Å². The molecule has 0 bridgehead atoms. The van der Waals surface area contributed by atoms with Gasteiger partial charge < -0.3 is 15.0 Å². The molecule has 0 amide bonds. The number of ether oxygens (including phenoxy) is 1. The number of nitrogens with two attached hydrogens (primary N) is 1. The highest BCUT2D eigenvalue weighted by Crippen LogP contribution is 2.23. The van der Waals surface area contributed by atoms with Crippen LogP contribution < -0.4 is 5.73 Å². The predicted molar refractivity (Wildman–Crippen MR) is 96.4 cm³/mol. The maximum Gasteiger partial charge on any atom is 0.338 e. The van der Waals surface area contributed by atoms with E-state index < -0.39 is 17.5 Å². The second-order valence-electron chi connectivity index (χ2n) is 6.28. The normalized spacial score (nSPS) is 10.8. The van der Waals surface area contributed by atoms with Crippen molar-refractivity contribution in [3.8, 4) is 0 Å². The number of anilines is 1. The third-order valence-electron chi connectivity index (χ3n) is 4.10. The van der Waals surface area contributed by atoms with Crippen molar-refractivity contribution in [3.63, 3.8) is 0 Å². The number of rotatable bonds is 6. The molecule has 2 rings (SSSR count). The van der Waals surface area contributed by atoms with Crippen molar-refractivity contribution >= 4 is 23.1 Å². The smallest absolute Gasteiger partial charge is 0.338 e. The number of carbonyl (C=O) groups excluding carboxylic acids is 2. The van der Waals surface area contributed by atoms with Gasteiger partial charge in [0.15, 0.2) is 6.61 Å². The van der Waals surface area contributed by atoms with Crippen LogP contribution >= 0.6 is 0 Å². The lowest BCUT2D eigenvalue weighted by Gasteiger charge is -2.13. The Balaban J connectivity index is 2.13. The summed E-state index contributed by atoms with van der Waals surface area (Å²) in [5, 5.41) is 10.9. The molecule has 0 unspecified atom stereocenters. The van der Waals surface area contributed by atoms with E-state index in [0.29, 0.717) is 5.56 Å². The van der Waals surface area contributed by atoms with Gasteiger partial charge in [0.25, 0.3) is 5.69 Å². The first-order chi connectivity index (χ1) is 12.1. The van der Waals surface area contributed by atoms with Gasteiger partial charge in [-0.05, 0) is 45.9 Å². The molecule has 0 aliphatic rings. The summed E-state index contributed by atoms with van der Waals surface area (Å²) in [5.41, 5.74) is 7.27. The van der Waals surface area contributed by atoms with Crippen molar-refractivity contribution < 1.29 is 19.2 Å². The fourth-order valence-corrected chi connectivity index (χ4v) is 2.97. The van der Waals surface area contributed by atoms with Gasteiger partial charge in [0, 0.05) is 29.1 Å². The molecule has 1 aromatic carbocycles. The molecule has 2 N–H and O–H groups in total. The molecule has 26 heavy (non-hydrogen) atoms. The molecule has 0 atom stereocenters. The Labute approximate surface area is 150 Å². The number of nitro groups is 1. The number of ketones is 1. The molecular formula is C18H21N3O5. The lowest BCUT2D eigenvalue weighted by atomic mass is 10.1. The third kappa shape index (κ3) is 3.74. The molecule has 0 radical (unpaired) electrons. The quantitative estimate of drug-likeness (QED) is 0.278. The van der Waals surface area contributed by atoms with Gasteiger partial charge in [-0.25, -0.2) is 4.79 Å². The second kappa shape index (κ2) is 7.38. The van der Waals surface area contributed by atoms with E-state index >= 15 is 0 Å². The molecule has 0 fully saturated rings. The number of hydrogen-bond donors (Lipinski definition) is 1. The standard InChI is InChI=1S/C18H21N3O5/c1-10(2)20-11(3)7-14(12(20)4)17(22)9-26-18(23)13-5-6-15(19)16(8-13)21(24)25/h5-8,10H,9,19H2,1-4H3. The number of benzene rings is 1. The summed E-state index contributed by atoms with van der Waals surface area (Å²) < 4.78 is 7.05. The Hall–Kier alpha value is -3.16. The lowest BCUT2D eigenvalue weighted by molar-refractivity contribution is -0.383. The predicted octanol–water partition coefficient (Wildman–Crippen LogP) is 3.22. The highest BCUT2D eigenvalue weighted by Gasteiger charge is 2.20. The van der Waals surface area contributed by atoms with E-state index in [4.69, 9.17) is 10.5 Å². The summed E-state index contributed by atoms with van der Waals surface area (Å²) in [6, 6.07) is 5.58. The average Bonchev–Trinajstić information content (AvgIpc) is 2.87. The van der Waals surface area contributed by atoms with Crippen molar-refractivity contribution in [1.82, 2.24) is 4.57 Å². The van der Waals surface area contributed by atoms with E-state index in [9.17, 15) is 19.7 Å². The minimum atomic E-state index is -0.820. The SMILES string of the molecule is Cc1cc(C(=O)COC(=O)c2ccc(N)c([N+](=O)[O-])c2)c(C)n1C(C)C. The highest BCUT2D eigenvalue weighted by atomic mass is 16.6. The molecule has 0 saturated heterocycles. The van der Waals surface area contributed by atoms with E-state index in [0.717, 1.165) is 17.5 Å². The summed E-state index contributed by atoms with van der Waals surface area (Å²) in [5.74, 6) is -1.15. The maximum atomic E-state index is 12.4. The van der Waals surface area contributed by atoms with Crippen LogP contribution in [0.25, 0.3) is 0 Å². The van der Waals surface area contributed by atoms with Crippen LogP contribution in [0, 0.1) is 24.0 Å². The number of aromatic nitrogens is 1. The Bertz CT molecular complexity index is 883. The summed E-state index contributed by atoms with van der Waals surface area (Å²) in [6.07, 6.45) is 0. The molecule has 0 aliphatic heterocycles. The molecular weight excluding hydrogens is 338 g/mol. The Morgan fingerprint density at radius 1 is 1.27 bits per heavy atom. The van der Waals surface area contributed by atoms with Crippen LogP contribution in [0.1, 0.15) is 52.0 Å². The van der Waals surface area contributed by atoms with Gasteiger partial charge >= 0.3 is 5.97 Å². The molecule has 0 spiro atoms. The van der Waals surface area contributed by atoms with Crippen molar-refractivity contribution in [3.05, 3.63) is 56.9 Å². The number of nitrogen functional groups attached to an aromatic ring is 1. The van der Waals surface area contributed by atoms with Crippen molar-refractivity contribution in [2.45, 2.75) is 33.7 Å². The summed E-state index contributed by atoms with van der Waals surface area (Å²) in [4.78, 5) is 34.7. The van der Waals surface area contributed by atoms with Crippen LogP contribution in [-0.4, -0.2) is 27.8 Å². The number of nitro benzene ring substituents is 1. The van der Waals surface area contributed by atoms with Crippen molar-refractivity contribution in [2.24, 2.45) is 0 Å². The zero-order chi connectivity index (χ0) is 19.6. The van der Waals surface area contributed by atoms with E-state index in [1.54, 1.807) is 6.07 Å². The molecule has 0 aliphatic carbocycles. The van der Waals surface area contributed by atoms with Crippen molar-refractivity contribution in [1.29, 1.82) is 0 Å². The van der Waals surface area contributed by atoms with Crippen LogP contribution in [0.4, 0.5) is 11.4 Å². The Kier molecular flexibility index (Phi) is 5.44. The van der Waals surface area contributed by atoms with Crippen LogP contribution in [0.5, 0.6) is 0 Å². The first kappa shape index (κ1) is 19.2. The number of esters is 1. The zero-order valence-corrected chi connectivity index (χ0v) is 15.1. The fraction of sp³-hybridized carbons (Fsp3) is 0.333. The summed E-state index contributed by atoms with van der Waals surface area (Å²) in [7, 11) is 0. The minimum absolute atomic E-state index is 0.0358. The van der Waals surface area contributed by atoms with E-state index in [-0.39, 0.29) is 28.8 Å². The second-order valence-corrected chi connectivity index (χ2v) is 6.28. The molecule has 1 heterocycles. The largest absolute Gasteiger partial charge is 0.454 e. The number of aryl methyl sites for hydroxylation is 1. The van der Waals surface area contributed by atoms with Gasteiger partial charge in [-0.2, -0.15) is 0 Å². The van der Waals surface area contributed by atoms with Crippen LogP contribution in [-0.2, 0) is 4.74 Å². The van der Waals surface area contributed by atoms with Crippen LogP contribution in [0.15, 0.2) is 24.3 Å². The molecule has 138 valence electrons. The molecule has 1 aromatic heterocycles. The van der Waals surface area contributed by atoms with Gasteiger partial charge in [0.2, 0.25) is 5.78 Å². The van der Waals surface area contributed by atoms with Crippen LogP contribution in [0.3, 0.4) is 0 Å².